The maximum atomic E-state index is 13.6. The molecule has 0 heterocycles. The number of hydrogen-bond acceptors (Lipinski definition) is 3. The van der Waals surface area contributed by atoms with Gasteiger partial charge >= 0.3 is 0 Å². The molecule has 0 aromatic heterocycles. The van der Waals surface area contributed by atoms with Crippen LogP contribution in [0.5, 0.6) is 0 Å². The number of amides is 1. The van der Waals surface area contributed by atoms with Crippen molar-refractivity contribution < 1.29 is 17.6 Å². The van der Waals surface area contributed by atoms with Gasteiger partial charge in [-0.25, -0.2) is 12.8 Å². The van der Waals surface area contributed by atoms with Gasteiger partial charge in [-0.15, -0.1) is 0 Å². The molecule has 1 amide bonds. The first kappa shape index (κ1) is 18.2. The third kappa shape index (κ3) is 5.47. The van der Waals surface area contributed by atoms with Crippen LogP contribution in [-0.2, 0) is 14.8 Å². The molecule has 0 bridgehead atoms. The average molecular weight is 413 g/mol. The molecule has 0 aliphatic rings. The average Bonchev–Trinajstić information content (AvgIpc) is 2.48. The summed E-state index contributed by atoms with van der Waals surface area (Å²) in [6, 6.07) is 11.0. The highest BCUT2D eigenvalue weighted by Gasteiger charge is 2.09. The molecule has 0 unspecified atom stereocenters. The third-order valence-corrected chi connectivity index (χ3v) is 4.16. The van der Waals surface area contributed by atoms with Crippen molar-refractivity contribution in [2.45, 2.75) is 0 Å². The van der Waals surface area contributed by atoms with Gasteiger partial charge < -0.3 is 5.32 Å². The molecule has 2 N–H and O–H groups in total. The molecule has 0 atom stereocenters. The zero-order valence-corrected chi connectivity index (χ0v) is 15.0. The van der Waals surface area contributed by atoms with E-state index < -0.39 is 21.7 Å². The van der Waals surface area contributed by atoms with Crippen LogP contribution in [0.3, 0.4) is 0 Å². The first-order valence-corrected chi connectivity index (χ1v) is 9.44. The molecule has 0 radical (unpaired) electrons. The number of sulfonamides is 1. The minimum atomic E-state index is -3.62. The summed E-state index contributed by atoms with van der Waals surface area (Å²) in [5.41, 5.74) is 0.862. The van der Waals surface area contributed by atoms with Gasteiger partial charge in [-0.2, -0.15) is 0 Å². The predicted octanol–water partition coefficient (Wildman–Crippen LogP) is 3.61. The third-order valence-electron chi connectivity index (χ3n) is 2.85. The molecule has 2 rings (SSSR count). The molecule has 8 heteroatoms. The molecule has 2 aromatic rings. The standard InChI is InChI=1S/C16H14BrFN2O3S/c1-24(22,23)20-15-10-12(7-8-14(15)18)19-16(21)9-6-11-4-2-3-5-13(11)17/h2-10,20H,1H3,(H,19,21)/b9-6+. The van der Waals surface area contributed by atoms with Crippen molar-refractivity contribution in [2.75, 3.05) is 16.3 Å². The molecule has 0 saturated heterocycles. The predicted molar refractivity (Wildman–Crippen MR) is 96.7 cm³/mol. The lowest BCUT2D eigenvalue weighted by Gasteiger charge is -2.08. The Morgan fingerprint density at radius 2 is 1.92 bits per heavy atom. The summed E-state index contributed by atoms with van der Waals surface area (Å²) >= 11 is 3.37. The number of carbonyl (C=O) groups is 1. The summed E-state index contributed by atoms with van der Waals surface area (Å²) in [5, 5.41) is 2.54. The number of carbonyl (C=O) groups excluding carboxylic acids is 1. The van der Waals surface area contributed by atoms with Crippen molar-refractivity contribution >= 4 is 49.3 Å². The Balaban J connectivity index is 2.12. The monoisotopic (exact) mass is 412 g/mol. The zero-order chi connectivity index (χ0) is 17.7. The molecule has 24 heavy (non-hydrogen) atoms. The van der Waals surface area contributed by atoms with Crippen LogP contribution in [0.1, 0.15) is 5.56 Å². The summed E-state index contributed by atoms with van der Waals surface area (Å²) in [7, 11) is -3.62. The summed E-state index contributed by atoms with van der Waals surface area (Å²) in [6.45, 7) is 0. The molecule has 0 spiro atoms. The molecule has 2 aromatic carbocycles. The first-order valence-electron chi connectivity index (χ1n) is 6.75. The lowest BCUT2D eigenvalue weighted by Crippen LogP contribution is -2.12. The lowest BCUT2D eigenvalue weighted by atomic mass is 10.2. The smallest absolute Gasteiger partial charge is 0.248 e. The van der Waals surface area contributed by atoms with Gasteiger partial charge in [-0.1, -0.05) is 34.1 Å². The van der Waals surface area contributed by atoms with E-state index in [0.717, 1.165) is 22.4 Å². The van der Waals surface area contributed by atoms with Gasteiger partial charge in [0, 0.05) is 16.2 Å². The highest BCUT2D eigenvalue weighted by molar-refractivity contribution is 9.10. The fourth-order valence-electron chi connectivity index (χ4n) is 1.84. The lowest BCUT2D eigenvalue weighted by molar-refractivity contribution is -0.111. The molecular weight excluding hydrogens is 399 g/mol. The van der Waals surface area contributed by atoms with E-state index in [9.17, 15) is 17.6 Å². The largest absolute Gasteiger partial charge is 0.322 e. The van der Waals surface area contributed by atoms with Crippen molar-refractivity contribution in [3.8, 4) is 0 Å². The number of nitrogens with one attached hydrogen (secondary N) is 2. The summed E-state index contributed by atoms with van der Waals surface area (Å²) in [4.78, 5) is 11.9. The number of hydrogen-bond donors (Lipinski definition) is 2. The van der Waals surface area contributed by atoms with E-state index in [1.165, 1.54) is 18.2 Å². The van der Waals surface area contributed by atoms with Gasteiger partial charge in [0.2, 0.25) is 15.9 Å². The first-order chi connectivity index (χ1) is 11.2. The van der Waals surface area contributed by atoms with Crippen molar-refractivity contribution in [3.05, 3.63) is 64.4 Å². The van der Waals surface area contributed by atoms with Crippen LogP contribution in [0.15, 0.2) is 53.0 Å². The van der Waals surface area contributed by atoms with Gasteiger partial charge in [-0.3, -0.25) is 9.52 Å². The Kier molecular flexibility index (Phi) is 5.74. The van der Waals surface area contributed by atoms with Crippen molar-refractivity contribution in [2.24, 2.45) is 0 Å². The Bertz CT molecular complexity index is 898. The fourth-order valence-corrected chi connectivity index (χ4v) is 2.81. The number of anilines is 2. The number of halogens is 2. The van der Waals surface area contributed by atoms with E-state index >= 15 is 0 Å². The highest BCUT2D eigenvalue weighted by Crippen LogP contribution is 2.21. The summed E-state index contributed by atoms with van der Waals surface area (Å²) < 4.78 is 38.9. The molecule has 0 fully saturated rings. The van der Waals surface area contributed by atoms with E-state index in [1.807, 2.05) is 24.3 Å². The molecule has 5 nitrogen and oxygen atoms in total. The van der Waals surface area contributed by atoms with Crippen LogP contribution in [0.2, 0.25) is 0 Å². The minimum absolute atomic E-state index is 0.231. The van der Waals surface area contributed by atoms with Crippen LogP contribution in [0, 0.1) is 5.82 Å². The van der Waals surface area contributed by atoms with Gasteiger partial charge in [-0.05, 0) is 35.9 Å². The Morgan fingerprint density at radius 1 is 1.21 bits per heavy atom. The SMILES string of the molecule is CS(=O)(=O)Nc1cc(NC(=O)/C=C/c2ccccc2Br)ccc1F. The summed E-state index contributed by atoms with van der Waals surface area (Å²) in [6.07, 6.45) is 3.86. The minimum Gasteiger partial charge on any atom is -0.322 e. The highest BCUT2D eigenvalue weighted by atomic mass is 79.9. The maximum absolute atomic E-state index is 13.6. The second-order valence-corrected chi connectivity index (χ2v) is 7.52. The molecule has 0 aliphatic carbocycles. The van der Waals surface area contributed by atoms with Gasteiger partial charge in [0.1, 0.15) is 5.82 Å². The molecule has 126 valence electrons. The van der Waals surface area contributed by atoms with Crippen molar-refractivity contribution in [1.82, 2.24) is 0 Å². The number of rotatable bonds is 5. The molecule has 0 saturated carbocycles. The van der Waals surface area contributed by atoms with Gasteiger partial charge in [0.05, 0.1) is 11.9 Å². The van der Waals surface area contributed by atoms with E-state index in [4.69, 9.17) is 0 Å². The Labute approximate surface area is 147 Å². The second-order valence-electron chi connectivity index (χ2n) is 4.91. The van der Waals surface area contributed by atoms with Crippen molar-refractivity contribution in [1.29, 1.82) is 0 Å². The van der Waals surface area contributed by atoms with Crippen LogP contribution < -0.4 is 10.0 Å². The van der Waals surface area contributed by atoms with Gasteiger partial charge in [0.15, 0.2) is 0 Å². The second kappa shape index (κ2) is 7.59. The fraction of sp³-hybridized carbons (Fsp3) is 0.0625. The van der Waals surface area contributed by atoms with E-state index in [2.05, 4.69) is 26.0 Å². The topological polar surface area (TPSA) is 75.3 Å². The van der Waals surface area contributed by atoms with Crippen LogP contribution >= 0.6 is 15.9 Å². The van der Waals surface area contributed by atoms with E-state index in [0.29, 0.717) is 0 Å². The Morgan fingerprint density at radius 3 is 2.58 bits per heavy atom. The zero-order valence-electron chi connectivity index (χ0n) is 12.6. The number of benzene rings is 2. The summed E-state index contributed by atoms with van der Waals surface area (Å²) in [5.74, 6) is -1.16. The van der Waals surface area contributed by atoms with Crippen LogP contribution in [0.25, 0.3) is 6.08 Å². The molecule has 0 aliphatic heterocycles. The van der Waals surface area contributed by atoms with E-state index in [-0.39, 0.29) is 11.4 Å². The quantitative estimate of drug-likeness (QED) is 0.736. The van der Waals surface area contributed by atoms with Crippen LogP contribution in [0.4, 0.5) is 15.8 Å². The van der Waals surface area contributed by atoms with Crippen molar-refractivity contribution in [3.63, 3.8) is 0 Å². The maximum Gasteiger partial charge on any atom is 0.248 e. The van der Waals surface area contributed by atoms with Gasteiger partial charge in [0.25, 0.3) is 0 Å². The Hall–Kier alpha value is -2.19. The normalized spacial score (nSPS) is 11.5. The van der Waals surface area contributed by atoms with E-state index in [1.54, 1.807) is 6.08 Å². The molecular formula is C16H14BrFN2O3S. The van der Waals surface area contributed by atoms with Crippen LogP contribution in [-0.4, -0.2) is 20.6 Å².